The van der Waals surface area contributed by atoms with Crippen LogP contribution in [0.3, 0.4) is 0 Å². The van der Waals surface area contributed by atoms with Gasteiger partial charge in [-0.25, -0.2) is 0 Å². The first-order valence-corrected chi connectivity index (χ1v) is 7.46. The standard InChI is InChI=1S/C15H30O4/c1-6-8-9-17-10-12(7-2)14(16-5)13-11-18-15(3,4)19-13/h12-14H,6-11H2,1-5H3/t12-,13+,14+/m1/s1. The summed E-state index contributed by atoms with van der Waals surface area (Å²) in [6.07, 6.45) is 3.33. The van der Waals surface area contributed by atoms with Gasteiger partial charge in [-0.05, 0) is 26.7 Å². The Balaban J connectivity index is 2.46. The smallest absolute Gasteiger partial charge is 0.163 e. The van der Waals surface area contributed by atoms with Crippen molar-refractivity contribution in [2.24, 2.45) is 5.92 Å². The lowest BCUT2D eigenvalue weighted by molar-refractivity contribution is -0.161. The van der Waals surface area contributed by atoms with Crippen LogP contribution < -0.4 is 0 Å². The van der Waals surface area contributed by atoms with Gasteiger partial charge >= 0.3 is 0 Å². The van der Waals surface area contributed by atoms with E-state index in [1.54, 1.807) is 7.11 Å². The minimum atomic E-state index is -0.497. The van der Waals surface area contributed by atoms with Crippen LogP contribution in [0, 0.1) is 5.92 Å². The Hall–Kier alpha value is -0.160. The maximum absolute atomic E-state index is 5.91. The highest BCUT2D eigenvalue weighted by Crippen LogP contribution is 2.29. The molecule has 0 amide bonds. The Bertz CT molecular complexity index is 242. The Kier molecular flexibility index (Phi) is 7.29. The van der Waals surface area contributed by atoms with Gasteiger partial charge in [-0.1, -0.05) is 20.3 Å². The van der Waals surface area contributed by atoms with Gasteiger partial charge in [0, 0.05) is 19.6 Å². The van der Waals surface area contributed by atoms with Crippen LogP contribution in [0.5, 0.6) is 0 Å². The van der Waals surface area contributed by atoms with E-state index in [4.69, 9.17) is 18.9 Å². The van der Waals surface area contributed by atoms with Crippen molar-refractivity contribution in [3.05, 3.63) is 0 Å². The van der Waals surface area contributed by atoms with Gasteiger partial charge in [0.05, 0.1) is 19.3 Å². The van der Waals surface area contributed by atoms with E-state index in [0.717, 1.165) is 32.5 Å². The molecule has 4 nitrogen and oxygen atoms in total. The fourth-order valence-electron chi connectivity index (χ4n) is 2.45. The fraction of sp³-hybridized carbons (Fsp3) is 1.00. The van der Waals surface area contributed by atoms with Crippen molar-refractivity contribution in [1.82, 2.24) is 0 Å². The minimum Gasteiger partial charge on any atom is -0.381 e. The van der Waals surface area contributed by atoms with E-state index in [9.17, 15) is 0 Å². The van der Waals surface area contributed by atoms with Crippen molar-refractivity contribution >= 4 is 0 Å². The van der Waals surface area contributed by atoms with Crippen LogP contribution in [0.4, 0.5) is 0 Å². The first-order chi connectivity index (χ1) is 9.04. The second-order valence-corrected chi connectivity index (χ2v) is 5.66. The lowest BCUT2D eigenvalue weighted by Crippen LogP contribution is -2.40. The zero-order valence-corrected chi connectivity index (χ0v) is 13.1. The molecule has 4 heteroatoms. The van der Waals surface area contributed by atoms with E-state index in [1.165, 1.54) is 0 Å². The molecule has 0 saturated carbocycles. The molecule has 0 radical (unpaired) electrons. The normalized spacial score (nSPS) is 25.4. The molecule has 1 saturated heterocycles. The van der Waals surface area contributed by atoms with Crippen molar-refractivity contribution in [3.63, 3.8) is 0 Å². The summed E-state index contributed by atoms with van der Waals surface area (Å²) < 4.78 is 22.9. The molecular weight excluding hydrogens is 244 g/mol. The number of ether oxygens (including phenoxy) is 4. The molecule has 1 fully saturated rings. The molecule has 19 heavy (non-hydrogen) atoms. The van der Waals surface area contributed by atoms with Gasteiger partial charge in [0.25, 0.3) is 0 Å². The zero-order chi connectivity index (χ0) is 14.3. The van der Waals surface area contributed by atoms with Gasteiger partial charge in [-0.15, -0.1) is 0 Å². The van der Waals surface area contributed by atoms with Crippen LogP contribution in [0.25, 0.3) is 0 Å². The predicted molar refractivity (Wildman–Crippen MR) is 75.2 cm³/mol. The molecule has 114 valence electrons. The van der Waals surface area contributed by atoms with Crippen LogP contribution in [-0.4, -0.2) is 44.9 Å². The average Bonchev–Trinajstić information content (AvgIpc) is 2.73. The van der Waals surface area contributed by atoms with Crippen LogP contribution in [0.1, 0.15) is 47.0 Å². The van der Waals surface area contributed by atoms with Crippen LogP contribution in [0.2, 0.25) is 0 Å². The van der Waals surface area contributed by atoms with Gasteiger partial charge in [0.2, 0.25) is 0 Å². The van der Waals surface area contributed by atoms with E-state index in [-0.39, 0.29) is 12.2 Å². The lowest BCUT2D eigenvalue weighted by atomic mass is 9.96. The van der Waals surface area contributed by atoms with Crippen molar-refractivity contribution in [3.8, 4) is 0 Å². The monoisotopic (exact) mass is 274 g/mol. The summed E-state index contributed by atoms with van der Waals surface area (Å²) in [7, 11) is 1.74. The summed E-state index contributed by atoms with van der Waals surface area (Å²) in [4.78, 5) is 0. The first kappa shape index (κ1) is 16.9. The summed E-state index contributed by atoms with van der Waals surface area (Å²) >= 11 is 0. The maximum atomic E-state index is 5.91. The Labute approximate surface area is 117 Å². The molecule has 3 atom stereocenters. The summed E-state index contributed by atoms with van der Waals surface area (Å²) in [5, 5.41) is 0. The number of methoxy groups -OCH3 is 1. The molecule has 0 spiro atoms. The molecule has 0 unspecified atom stereocenters. The quantitative estimate of drug-likeness (QED) is 0.606. The second kappa shape index (κ2) is 8.20. The summed E-state index contributed by atoms with van der Waals surface area (Å²) in [6.45, 7) is 10.4. The summed E-state index contributed by atoms with van der Waals surface area (Å²) in [5.41, 5.74) is 0. The zero-order valence-electron chi connectivity index (χ0n) is 13.1. The molecule has 0 aromatic rings. The number of hydrogen-bond donors (Lipinski definition) is 0. The van der Waals surface area contributed by atoms with E-state index in [2.05, 4.69) is 13.8 Å². The highest BCUT2D eigenvalue weighted by Gasteiger charge is 2.40. The van der Waals surface area contributed by atoms with Crippen LogP contribution >= 0.6 is 0 Å². The molecule has 0 aliphatic carbocycles. The minimum absolute atomic E-state index is 0.000254. The molecule has 0 aromatic heterocycles. The third-order valence-electron chi connectivity index (χ3n) is 3.63. The van der Waals surface area contributed by atoms with Crippen molar-refractivity contribution < 1.29 is 18.9 Å². The highest BCUT2D eigenvalue weighted by atomic mass is 16.7. The Morgan fingerprint density at radius 2 is 2.05 bits per heavy atom. The topological polar surface area (TPSA) is 36.9 Å². The highest BCUT2D eigenvalue weighted by molar-refractivity contribution is 4.83. The van der Waals surface area contributed by atoms with Gasteiger partial charge in [0.1, 0.15) is 6.10 Å². The third kappa shape index (κ3) is 5.38. The Morgan fingerprint density at radius 3 is 2.53 bits per heavy atom. The molecule has 1 aliphatic rings. The van der Waals surface area contributed by atoms with E-state index >= 15 is 0 Å². The number of rotatable bonds is 9. The molecule has 0 bridgehead atoms. The predicted octanol–water partition coefficient (Wildman–Crippen LogP) is 3.00. The van der Waals surface area contributed by atoms with Gasteiger partial charge < -0.3 is 18.9 Å². The van der Waals surface area contributed by atoms with Crippen molar-refractivity contribution in [1.29, 1.82) is 0 Å². The Morgan fingerprint density at radius 1 is 1.32 bits per heavy atom. The third-order valence-corrected chi connectivity index (χ3v) is 3.63. The molecule has 0 aromatic carbocycles. The SMILES string of the molecule is CCCCOC[C@@H](CC)[C@H](OC)[C@@H]1COC(C)(C)O1. The summed E-state index contributed by atoms with van der Waals surface area (Å²) in [6, 6.07) is 0. The molecule has 1 heterocycles. The number of hydrogen-bond acceptors (Lipinski definition) is 4. The number of unbranched alkanes of at least 4 members (excludes halogenated alkanes) is 1. The van der Waals surface area contributed by atoms with E-state index in [0.29, 0.717) is 12.5 Å². The van der Waals surface area contributed by atoms with Crippen molar-refractivity contribution in [2.45, 2.75) is 65.0 Å². The average molecular weight is 274 g/mol. The fourth-order valence-corrected chi connectivity index (χ4v) is 2.45. The van der Waals surface area contributed by atoms with Gasteiger partial charge in [0.15, 0.2) is 5.79 Å². The van der Waals surface area contributed by atoms with Crippen LogP contribution in [-0.2, 0) is 18.9 Å². The van der Waals surface area contributed by atoms with E-state index < -0.39 is 5.79 Å². The largest absolute Gasteiger partial charge is 0.381 e. The molecular formula is C15H30O4. The van der Waals surface area contributed by atoms with E-state index in [1.807, 2.05) is 13.8 Å². The second-order valence-electron chi connectivity index (χ2n) is 5.66. The molecule has 1 rings (SSSR count). The van der Waals surface area contributed by atoms with Gasteiger partial charge in [-0.3, -0.25) is 0 Å². The van der Waals surface area contributed by atoms with Crippen LogP contribution in [0.15, 0.2) is 0 Å². The van der Waals surface area contributed by atoms with Gasteiger partial charge in [-0.2, -0.15) is 0 Å². The lowest BCUT2D eigenvalue weighted by Gasteiger charge is -2.29. The van der Waals surface area contributed by atoms with Crippen molar-refractivity contribution in [2.75, 3.05) is 26.9 Å². The first-order valence-electron chi connectivity index (χ1n) is 7.46. The maximum Gasteiger partial charge on any atom is 0.163 e. The summed E-state index contributed by atoms with van der Waals surface area (Å²) in [5.74, 6) is -0.146. The molecule has 1 aliphatic heterocycles. The molecule has 0 N–H and O–H groups in total.